The summed E-state index contributed by atoms with van der Waals surface area (Å²) in [5.41, 5.74) is 0.604. The maximum Gasteiger partial charge on any atom is 0.185 e. The van der Waals surface area contributed by atoms with Gasteiger partial charge >= 0.3 is 0 Å². The minimum atomic E-state index is -0.404. The van der Waals surface area contributed by atoms with Crippen LogP contribution in [-0.2, 0) is 0 Å². The molecule has 3 nitrogen and oxygen atoms in total. The second kappa shape index (κ2) is 3.20. The number of halogens is 1. The minimum Gasteiger partial charge on any atom is -0.485 e. The van der Waals surface area contributed by atoms with Crippen molar-refractivity contribution in [2.24, 2.45) is 0 Å². The average Bonchev–Trinajstić information content (AvgIpc) is 2.92. The summed E-state index contributed by atoms with van der Waals surface area (Å²) in [5.74, 6) is -0.112. The summed E-state index contributed by atoms with van der Waals surface area (Å²) in [6, 6.07) is 0. The molecule has 1 aromatic rings. The lowest BCUT2D eigenvalue weighted by atomic mass is 10.3. The maximum atomic E-state index is 13.2. The number of rotatable bonds is 3. The molecule has 0 aromatic carbocycles. The SMILES string of the molecule is CNc1cncc(F)c1OC1CC1. The third-order valence-electron chi connectivity index (χ3n) is 1.93. The van der Waals surface area contributed by atoms with Crippen molar-refractivity contribution in [3.63, 3.8) is 0 Å². The molecule has 0 spiro atoms. The van der Waals surface area contributed by atoms with Gasteiger partial charge in [0.2, 0.25) is 0 Å². The molecule has 0 amide bonds. The Morgan fingerprint density at radius 2 is 2.31 bits per heavy atom. The molecule has 0 unspecified atom stereocenters. The predicted molar refractivity (Wildman–Crippen MR) is 47.4 cm³/mol. The topological polar surface area (TPSA) is 34.2 Å². The lowest BCUT2D eigenvalue weighted by Gasteiger charge is -2.09. The van der Waals surface area contributed by atoms with Crippen LogP contribution in [-0.4, -0.2) is 18.1 Å². The monoisotopic (exact) mass is 182 g/mol. The van der Waals surface area contributed by atoms with Crippen molar-refractivity contribution >= 4 is 5.69 Å². The number of nitrogens with one attached hydrogen (secondary N) is 1. The standard InChI is InChI=1S/C9H11FN2O/c1-11-8-5-12-4-7(10)9(8)13-6-2-3-6/h4-6,11H,2-3H2,1H3. The largest absolute Gasteiger partial charge is 0.485 e. The van der Waals surface area contributed by atoms with Gasteiger partial charge in [0.1, 0.15) is 0 Å². The zero-order valence-electron chi connectivity index (χ0n) is 7.38. The van der Waals surface area contributed by atoms with Crippen LogP contribution in [0.1, 0.15) is 12.8 Å². The number of ether oxygens (including phenoxy) is 1. The van der Waals surface area contributed by atoms with Crippen LogP contribution in [0.25, 0.3) is 0 Å². The van der Waals surface area contributed by atoms with Gasteiger partial charge in [0, 0.05) is 7.05 Å². The van der Waals surface area contributed by atoms with E-state index in [2.05, 4.69) is 10.3 Å². The second-order valence-electron chi connectivity index (χ2n) is 3.07. The van der Waals surface area contributed by atoms with Gasteiger partial charge in [0.25, 0.3) is 0 Å². The number of aromatic nitrogens is 1. The summed E-state index contributed by atoms with van der Waals surface area (Å²) in [6.07, 6.45) is 4.96. The molecular weight excluding hydrogens is 171 g/mol. The Kier molecular flexibility index (Phi) is 2.04. The fourth-order valence-corrected chi connectivity index (χ4v) is 1.07. The molecule has 1 N–H and O–H groups in total. The van der Waals surface area contributed by atoms with Crippen molar-refractivity contribution in [3.05, 3.63) is 18.2 Å². The molecule has 4 heteroatoms. The first kappa shape index (κ1) is 8.29. The van der Waals surface area contributed by atoms with Gasteiger partial charge in [-0.1, -0.05) is 0 Å². The van der Waals surface area contributed by atoms with E-state index in [1.54, 1.807) is 13.2 Å². The molecular formula is C9H11FN2O. The van der Waals surface area contributed by atoms with E-state index in [1.165, 1.54) is 6.20 Å². The van der Waals surface area contributed by atoms with Crippen molar-refractivity contribution in [2.45, 2.75) is 18.9 Å². The Balaban J connectivity index is 2.27. The summed E-state index contributed by atoms with van der Waals surface area (Å²) in [7, 11) is 1.72. The number of nitrogens with zero attached hydrogens (tertiary/aromatic N) is 1. The van der Waals surface area contributed by atoms with Crippen LogP contribution in [0.4, 0.5) is 10.1 Å². The molecule has 1 saturated carbocycles. The smallest absolute Gasteiger partial charge is 0.185 e. The highest BCUT2D eigenvalue weighted by Crippen LogP contribution is 2.33. The molecule has 0 aliphatic heterocycles. The molecule has 0 atom stereocenters. The van der Waals surface area contributed by atoms with E-state index < -0.39 is 5.82 Å². The normalized spacial score (nSPS) is 15.5. The maximum absolute atomic E-state index is 13.2. The molecule has 0 radical (unpaired) electrons. The zero-order valence-corrected chi connectivity index (χ0v) is 7.38. The lowest BCUT2D eigenvalue weighted by molar-refractivity contribution is 0.288. The van der Waals surface area contributed by atoms with Gasteiger partial charge in [0.15, 0.2) is 11.6 Å². The van der Waals surface area contributed by atoms with Crippen LogP contribution in [0.2, 0.25) is 0 Å². The molecule has 0 saturated heterocycles. The second-order valence-corrected chi connectivity index (χ2v) is 3.07. The Bertz CT molecular complexity index is 312. The molecule has 1 aliphatic carbocycles. The Hall–Kier alpha value is -1.32. The Morgan fingerprint density at radius 1 is 1.54 bits per heavy atom. The molecule has 1 aliphatic rings. The highest BCUT2D eigenvalue weighted by atomic mass is 19.1. The van der Waals surface area contributed by atoms with Crippen LogP contribution in [0, 0.1) is 5.82 Å². The summed E-state index contributed by atoms with van der Waals surface area (Å²) in [5, 5.41) is 2.84. The predicted octanol–water partition coefficient (Wildman–Crippen LogP) is 1.80. The first-order valence-electron chi connectivity index (χ1n) is 4.29. The van der Waals surface area contributed by atoms with Gasteiger partial charge in [0.05, 0.1) is 24.2 Å². The van der Waals surface area contributed by atoms with E-state index in [1.807, 2.05) is 0 Å². The molecule has 1 fully saturated rings. The molecule has 2 rings (SSSR count). The van der Waals surface area contributed by atoms with Gasteiger partial charge in [-0.25, -0.2) is 4.39 Å². The summed E-state index contributed by atoms with van der Waals surface area (Å²) >= 11 is 0. The third-order valence-corrected chi connectivity index (χ3v) is 1.93. The van der Waals surface area contributed by atoms with Crippen LogP contribution < -0.4 is 10.1 Å². The van der Waals surface area contributed by atoms with E-state index >= 15 is 0 Å². The zero-order chi connectivity index (χ0) is 9.26. The van der Waals surface area contributed by atoms with Crippen molar-refractivity contribution in [1.29, 1.82) is 0 Å². The first-order chi connectivity index (χ1) is 6.31. The van der Waals surface area contributed by atoms with Gasteiger partial charge in [-0.15, -0.1) is 0 Å². The van der Waals surface area contributed by atoms with E-state index in [0.717, 1.165) is 12.8 Å². The third kappa shape index (κ3) is 1.71. The summed E-state index contributed by atoms with van der Waals surface area (Å²) in [6.45, 7) is 0. The minimum absolute atomic E-state index is 0.198. The number of hydrogen-bond acceptors (Lipinski definition) is 3. The van der Waals surface area contributed by atoms with Gasteiger partial charge in [-0.2, -0.15) is 0 Å². The molecule has 1 heterocycles. The summed E-state index contributed by atoms with van der Waals surface area (Å²) < 4.78 is 18.6. The molecule has 70 valence electrons. The van der Waals surface area contributed by atoms with Crippen LogP contribution in [0.5, 0.6) is 5.75 Å². The Morgan fingerprint density at radius 3 is 2.92 bits per heavy atom. The summed E-state index contributed by atoms with van der Waals surface area (Å²) in [4.78, 5) is 3.73. The van der Waals surface area contributed by atoms with E-state index in [9.17, 15) is 4.39 Å². The van der Waals surface area contributed by atoms with E-state index in [4.69, 9.17) is 4.74 Å². The van der Waals surface area contributed by atoms with Crippen LogP contribution >= 0.6 is 0 Å². The number of pyridine rings is 1. The van der Waals surface area contributed by atoms with Crippen molar-refractivity contribution < 1.29 is 9.13 Å². The first-order valence-corrected chi connectivity index (χ1v) is 4.29. The quantitative estimate of drug-likeness (QED) is 0.774. The lowest BCUT2D eigenvalue weighted by Crippen LogP contribution is -2.03. The van der Waals surface area contributed by atoms with E-state index in [0.29, 0.717) is 11.4 Å². The fourth-order valence-electron chi connectivity index (χ4n) is 1.07. The van der Waals surface area contributed by atoms with Gasteiger partial charge in [-0.05, 0) is 12.8 Å². The highest BCUT2D eigenvalue weighted by Gasteiger charge is 2.26. The number of anilines is 1. The van der Waals surface area contributed by atoms with Crippen molar-refractivity contribution in [3.8, 4) is 5.75 Å². The molecule has 1 aromatic heterocycles. The van der Waals surface area contributed by atoms with Crippen molar-refractivity contribution in [1.82, 2.24) is 4.98 Å². The average molecular weight is 182 g/mol. The van der Waals surface area contributed by atoms with E-state index in [-0.39, 0.29) is 6.10 Å². The van der Waals surface area contributed by atoms with Crippen LogP contribution in [0.3, 0.4) is 0 Å². The molecule has 0 bridgehead atoms. The number of hydrogen-bond donors (Lipinski definition) is 1. The van der Waals surface area contributed by atoms with Crippen LogP contribution in [0.15, 0.2) is 12.4 Å². The van der Waals surface area contributed by atoms with Gasteiger partial charge < -0.3 is 10.1 Å². The van der Waals surface area contributed by atoms with Gasteiger partial charge in [-0.3, -0.25) is 4.98 Å². The van der Waals surface area contributed by atoms with Crippen molar-refractivity contribution in [2.75, 3.05) is 12.4 Å². The molecule has 13 heavy (non-hydrogen) atoms. The highest BCUT2D eigenvalue weighted by molar-refractivity contribution is 5.54. The fraction of sp³-hybridized carbons (Fsp3) is 0.444. The Labute approximate surface area is 75.9 Å².